The van der Waals surface area contributed by atoms with Crippen LogP contribution in [-0.4, -0.2) is 25.3 Å². The number of carbonyl (C=O) groups excluding carboxylic acids is 1. The Hall–Kier alpha value is -1.71. The second-order valence-corrected chi connectivity index (χ2v) is 6.25. The van der Waals surface area contributed by atoms with Gasteiger partial charge in [0.15, 0.2) is 0 Å². The number of rotatable bonds is 1. The topological polar surface area (TPSA) is 38.8 Å². The lowest BCUT2D eigenvalue weighted by Crippen LogP contribution is -2.40. The summed E-state index contributed by atoms with van der Waals surface area (Å²) >= 11 is 0. The fraction of sp³-hybridized carbons (Fsp3) is 0.562. The first-order valence-corrected chi connectivity index (χ1v) is 7.00. The normalized spacial score (nSPS) is 18.4. The highest BCUT2D eigenvalue weighted by molar-refractivity contribution is 5.90. The standard InChI is InChI=1S/C16H23NO3/c1-11-8-9-17(15(18)20-16(2,3)4)14-10-12(19-5)6-7-13(11)14/h6-7,10-11H,8-9H2,1-5H3/t11-/m1/s1. The van der Waals surface area contributed by atoms with Gasteiger partial charge in [0.25, 0.3) is 0 Å². The summed E-state index contributed by atoms with van der Waals surface area (Å²) in [5.41, 5.74) is 1.58. The van der Waals surface area contributed by atoms with Gasteiger partial charge in [-0.15, -0.1) is 0 Å². The number of anilines is 1. The second kappa shape index (κ2) is 5.35. The van der Waals surface area contributed by atoms with E-state index in [1.165, 1.54) is 5.56 Å². The maximum absolute atomic E-state index is 12.3. The molecule has 0 radical (unpaired) electrons. The molecule has 1 aliphatic rings. The maximum atomic E-state index is 12.3. The lowest BCUT2D eigenvalue weighted by Gasteiger charge is -2.34. The number of ether oxygens (including phenoxy) is 2. The number of benzene rings is 1. The van der Waals surface area contributed by atoms with Gasteiger partial charge in [-0.3, -0.25) is 4.90 Å². The number of fused-ring (bicyclic) bond motifs is 1. The first-order chi connectivity index (χ1) is 9.31. The molecule has 4 heteroatoms. The zero-order valence-electron chi connectivity index (χ0n) is 12.9. The molecule has 4 nitrogen and oxygen atoms in total. The first-order valence-electron chi connectivity index (χ1n) is 7.00. The molecule has 0 spiro atoms. The summed E-state index contributed by atoms with van der Waals surface area (Å²) in [7, 11) is 1.63. The minimum Gasteiger partial charge on any atom is -0.497 e. The average molecular weight is 277 g/mol. The van der Waals surface area contributed by atoms with Crippen LogP contribution in [0, 0.1) is 0 Å². The molecule has 0 fully saturated rings. The molecular weight excluding hydrogens is 254 g/mol. The Balaban J connectivity index is 2.34. The largest absolute Gasteiger partial charge is 0.497 e. The van der Waals surface area contributed by atoms with E-state index in [9.17, 15) is 4.79 Å². The number of hydrogen-bond donors (Lipinski definition) is 0. The predicted octanol–water partition coefficient (Wildman–Crippen LogP) is 3.94. The zero-order chi connectivity index (χ0) is 14.9. The van der Waals surface area contributed by atoms with E-state index in [-0.39, 0.29) is 6.09 Å². The van der Waals surface area contributed by atoms with Gasteiger partial charge in [-0.1, -0.05) is 13.0 Å². The molecule has 1 atom stereocenters. The van der Waals surface area contributed by atoms with Crippen molar-refractivity contribution in [1.82, 2.24) is 0 Å². The Labute approximate surface area is 120 Å². The molecule has 110 valence electrons. The van der Waals surface area contributed by atoms with Crippen LogP contribution in [0.15, 0.2) is 18.2 Å². The van der Waals surface area contributed by atoms with Gasteiger partial charge in [0.2, 0.25) is 0 Å². The molecule has 2 rings (SSSR count). The molecule has 0 N–H and O–H groups in total. The molecule has 0 saturated carbocycles. The zero-order valence-corrected chi connectivity index (χ0v) is 12.9. The molecule has 0 bridgehead atoms. The van der Waals surface area contributed by atoms with Crippen molar-refractivity contribution in [2.24, 2.45) is 0 Å². The van der Waals surface area contributed by atoms with E-state index >= 15 is 0 Å². The molecular formula is C16H23NO3. The number of methoxy groups -OCH3 is 1. The molecule has 0 aliphatic carbocycles. The van der Waals surface area contributed by atoms with Crippen molar-refractivity contribution >= 4 is 11.8 Å². The SMILES string of the molecule is COc1ccc2c(c1)N(C(=O)OC(C)(C)C)CC[C@H]2C. The molecule has 1 heterocycles. The van der Waals surface area contributed by atoms with E-state index < -0.39 is 5.60 Å². The molecule has 1 aliphatic heterocycles. The third-order valence-corrected chi connectivity index (χ3v) is 3.46. The highest BCUT2D eigenvalue weighted by atomic mass is 16.6. The molecule has 0 unspecified atom stereocenters. The summed E-state index contributed by atoms with van der Waals surface area (Å²) in [6.45, 7) is 8.49. The van der Waals surface area contributed by atoms with E-state index in [2.05, 4.69) is 6.92 Å². The highest BCUT2D eigenvalue weighted by Gasteiger charge is 2.30. The fourth-order valence-corrected chi connectivity index (χ4v) is 2.41. The van der Waals surface area contributed by atoms with Crippen LogP contribution in [0.1, 0.15) is 45.6 Å². The van der Waals surface area contributed by atoms with E-state index in [1.807, 2.05) is 39.0 Å². The van der Waals surface area contributed by atoms with E-state index in [0.29, 0.717) is 12.5 Å². The van der Waals surface area contributed by atoms with Crippen molar-refractivity contribution in [3.05, 3.63) is 23.8 Å². The lowest BCUT2D eigenvalue weighted by molar-refractivity contribution is 0.0577. The summed E-state index contributed by atoms with van der Waals surface area (Å²) < 4.78 is 10.8. The lowest BCUT2D eigenvalue weighted by atomic mass is 9.91. The smallest absolute Gasteiger partial charge is 0.414 e. The Bertz CT molecular complexity index is 505. The van der Waals surface area contributed by atoms with Gasteiger partial charge >= 0.3 is 6.09 Å². The van der Waals surface area contributed by atoms with E-state index in [0.717, 1.165) is 17.9 Å². The van der Waals surface area contributed by atoms with Gasteiger partial charge in [-0.2, -0.15) is 0 Å². The molecule has 1 aromatic carbocycles. The molecule has 20 heavy (non-hydrogen) atoms. The van der Waals surface area contributed by atoms with Gasteiger partial charge in [0, 0.05) is 12.6 Å². The Kier molecular flexibility index (Phi) is 3.93. The van der Waals surface area contributed by atoms with Crippen molar-refractivity contribution in [1.29, 1.82) is 0 Å². The Morgan fingerprint density at radius 1 is 1.35 bits per heavy atom. The third-order valence-electron chi connectivity index (χ3n) is 3.46. The van der Waals surface area contributed by atoms with Crippen LogP contribution in [0.25, 0.3) is 0 Å². The molecule has 0 saturated heterocycles. The quantitative estimate of drug-likeness (QED) is 0.780. The Morgan fingerprint density at radius 2 is 2.05 bits per heavy atom. The minimum absolute atomic E-state index is 0.293. The van der Waals surface area contributed by atoms with Crippen LogP contribution in [0.2, 0.25) is 0 Å². The maximum Gasteiger partial charge on any atom is 0.414 e. The third kappa shape index (κ3) is 3.06. The van der Waals surface area contributed by atoms with Gasteiger partial charge in [0.05, 0.1) is 12.8 Å². The number of carbonyl (C=O) groups is 1. The van der Waals surface area contributed by atoms with Crippen molar-refractivity contribution in [3.8, 4) is 5.75 Å². The van der Waals surface area contributed by atoms with Gasteiger partial charge in [0.1, 0.15) is 11.4 Å². The van der Waals surface area contributed by atoms with Crippen LogP contribution >= 0.6 is 0 Å². The summed E-state index contributed by atoms with van der Waals surface area (Å²) in [6.07, 6.45) is 0.650. The second-order valence-electron chi connectivity index (χ2n) is 6.25. The van der Waals surface area contributed by atoms with Gasteiger partial charge in [-0.25, -0.2) is 4.79 Å². The van der Waals surface area contributed by atoms with E-state index in [4.69, 9.17) is 9.47 Å². The summed E-state index contributed by atoms with van der Waals surface area (Å²) in [4.78, 5) is 14.1. The number of amides is 1. The molecule has 0 aromatic heterocycles. The van der Waals surface area contributed by atoms with Gasteiger partial charge < -0.3 is 9.47 Å². The molecule has 1 aromatic rings. The molecule has 1 amide bonds. The van der Waals surface area contributed by atoms with Crippen LogP contribution < -0.4 is 9.64 Å². The summed E-state index contributed by atoms with van der Waals surface area (Å²) in [5.74, 6) is 1.20. The summed E-state index contributed by atoms with van der Waals surface area (Å²) in [6, 6.07) is 5.89. The minimum atomic E-state index is -0.487. The van der Waals surface area contributed by atoms with Crippen molar-refractivity contribution in [2.45, 2.75) is 45.6 Å². The van der Waals surface area contributed by atoms with E-state index in [1.54, 1.807) is 12.0 Å². The first kappa shape index (κ1) is 14.7. The number of nitrogens with zero attached hydrogens (tertiary/aromatic N) is 1. The number of hydrogen-bond acceptors (Lipinski definition) is 3. The monoisotopic (exact) mass is 277 g/mol. The van der Waals surface area contributed by atoms with Gasteiger partial charge in [-0.05, 0) is 44.7 Å². The van der Waals surface area contributed by atoms with Crippen molar-refractivity contribution in [3.63, 3.8) is 0 Å². The van der Waals surface area contributed by atoms with Crippen molar-refractivity contribution in [2.75, 3.05) is 18.6 Å². The van der Waals surface area contributed by atoms with Crippen LogP contribution in [0.4, 0.5) is 10.5 Å². The van der Waals surface area contributed by atoms with Crippen LogP contribution in [-0.2, 0) is 4.74 Å². The Morgan fingerprint density at radius 3 is 2.65 bits per heavy atom. The summed E-state index contributed by atoms with van der Waals surface area (Å²) in [5, 5.41) is 0. The fourth-order valence-electron chi connectivity index (χ4n) is 2.41. The van der Waals surface area contributed by atoms with Crippen molar-refractivity contribution < 1.29 is 14.3 Å². The van der Waals surface area contributed by atoms with Crippen LogP contribution in [0.5, 0.6) is 5.75 Å². The average Bonchev–Trinajstić information content (AvgIpc) is 2.36. The van der Waals surface area contributed by atoms with Crippen LogP contribution in [0.3, 0.4) is 0 Å². The highest BCUT2D eigenvalue weighted by Crippen LogP contribution is 2.37. The predicted molar refractivity (Wildman–Crippen MR) is 79.6 cm³/mol.